The maximum absolute atomic E-state index is 12.2. The number of hydrogen-bond donors (Lipinski definition) is 3. The molecule has 0 radical (unpaired) electrons. The molecule has 1 saturated heterocycles. The molecule has 0 aromatic rings. The molecule has 3 unspecified atom stereocenters. The molecule has 0 aromatic heterocycles. The maximum Gasteiger partial charge on any atom is 0.326 e. The van der Waals surface area contributed by atoms with Gasteiger partial charge >= 0.3 is 12.0 Å². The fraction of sp³-hybridized carbons (Fsp3) is 0.692. The van der Waals surface area contributed by atoms with Gasteiger partial charge < -0.3 is 15.3 Å². The molecule has 21 heavy (non-hydrogen) atoms. The van der Waals surface area contributed by atoms with Crippen LogP contribution < -0.4 is 10.6 Å². The maximum atomic E-state index is 12.2. The fourth-order valence-corrected chi connectivity index (χ4v) is 2.18. The molecule has 0 aromatic carbocycles. The summed E-state index contributed by atoms with van der Waals surface area (Å²) in [5.74, 6) is -2.52. The van der Waals surface area contributed by atoms with Crippen molar-refractivity contribution in [1.29, 1.82) is 0 Å². The molecule has 8 nitrogen and oxygen atoms in total. The van der Waals surface area contributed by atoms with E-state index in [4.69, 9.17) is 5.11 Å². The van der Waals surface area contributed by atoms with Gasteiger partial charge in [0.15, 0.2) is 0 Å². The number of hydrogen-bond acceptors (Lipinski definition) is 4. The average molecular weight is 299 g/mol. The molecular formula is C13H21N3O5. The Morgan fingerprint density at radius 2 is 2.05 bits per heavy atom. The largest absolute Gasteiger partial charge is 0.480 e. The van der Waals surface area contributed by atoms with Gasteiger partial charge in [-0.1, -0.05) is 27.2 Å². The van der Waals surface area contributed by atoms with Crippen molar-refractivity contribution in [3.63, 3.8) is 0 Å². The summed E-state index contributed by atoms with van der Waals surface area (Å²) in [6.45, 7) is 4.98. The van der Waals surface area contributed by atoms with Crippen LogP contribution in [0.5, 0.6) is 0 Å². The van der Waals surface area contributed by atoms with E-state index >= 15 is 0 Å². The second kappa shape index (κ2) is 7.05. The molecule has 0 aliphatic carbocycles. The first-order chi connectivity index (χ1) is 9.81. The summed E-state index contributed by atoms with van der Waals surface area (Å²) in [7, 11) is 0. The third-order valence-corrected chi connectivity index (χ3v) is 3.66. The van der Waals surface area contributed by atoms with E-state index in [0.29, 0.717) is 12.8 Å². The van der Waals surface area contributed by atoms with Gasteiger partial charge in [0.05, 0.1) is 0 Å². The van der Waals surface area contributed by atoms with Crippen LogP contribution in [-0.2, 0) is 14.4 Å². The lowest BCUT2D eigenvalue weighted by atomic mass is 9.99. The Labute approximate surface area is 122 Å². The number of rotatable bonds is 5. The van der Waals surface area contributed by atoms with Gasteiger partial charge in [-0.15, -0.1) is 0 Å². The van der Waals surface area contributed by atoms with Crippen molar-refractivity contribution in [3.05, 3.63) is 0 Å². The van der Waals surface area contributed by atoms with Gasteiger partial charge in [0.1, 0.15) is 18.6 Å². The molecule has 1 aliphatic rings. The van der Waals surface area contributed by atoms with Crippen molar-refractivity contribution in [2.24, 2.45) is 5.92 Å². The van der Waals surface area contributed by atoms with E-state index in [9.17, 15) is 19.2 Å². The topological polar surface area (TPSA) is 116 Å². The summed E-state index contributed by atoms with van der Waals surface area (Å²) in [4.78, 5) is 47.6. The first-order valence-electron chi connectivity index (χ1n) is 6.95. The molecule has 3 atom stereocenters. The molecule has 1 rings (SSSR count). The van der Waals surface area contributed by atoms with Gasteiger partial charge in [0.25, 0.3) is 0 Å². The van der Waals surface area contributed by atoms with E-state index in [2.05, 4.69) is 10.6 Å². The first-order valence-corrected chi connectivity index (χ1v) is 6.95. The van der Waals surface area contributed by atoms with Gasteiger partial charge in [0.2, 0.25) is 11.8 Å². The molecule has 118 valence electrons. The van der Waals surface area contributed by atoms with Crippen molar-refractivity contribution < 1.29 is 24.3 Å². The predicted molar refractivity (Wildman–Crippen MR) is 73.3 cm³/mol. The highest BCUT2D eigenvalue weighted by atomic mass is 16.4. The number of carboxylic acid groups (broad SMARTS) is 1. The van der Waals surface area contributed by atoms with E-state index < -0.39 is 35.9 Å². The number of carbonyl (C=O) groups excluding carboxylic acids is 3. The molecule has 1 heterocycles. The van der Waals surface area contributed by atoms with Crippen LogP contribution in [-0.4, -0.2) is 52.4 Å². The first kappa shape index (κ1) is 16.9. The zero-order valence-electron chi connectivity index (χ0n) is 12.4. The highest BCUT2D eigenvalue weighted by Crippen LogP contribution is 2.12. The van der Waals surface area contributed by atoms with Crippen LogP contribution in [0, 0.1) is 5.92 Å². The lowest BCUT2D eigenvalue weighted by Crippen LogP contribution is -2.63. The fourth-order valence-electron chi connectivity index (χ4n) is 2.18. The number of urea groups is 1. The van der Waals surface area contributed by atoms with Crippen molar-refractivity contribution in [3.8, 4) is 0 Å². The number of imide groups is 1. The number of amides is 4. The Balaban J connectivity index is 2.86. The number of carbonyl (C=O) groups is 4. The monoisotopic (exact) mass is 299 g/mol. The molecular weight excluding hydrogens is 278 g/mol. The van der Waals surface area contributed by atoms with Crippen LogP contribution >= 0.6 is 0 Å². The minimum atomic E-state index is -1.14. The third-order valence-electron chi connectivity index (χ3n) is 3.66. The standard InChI is InChI=1S/C13H21N3O5/c1-4-7(3)10(12(19)20)15-13(21)16-6-9(17)14-11(18)8(16)5-2/h7-8,10H,4-6H2,1-3H3,(H,15,21)(H,19,20)(H,14,17,18). The van der Waals surface area contributed by atoms with Crippen molar-refractivity contribution in [1.82, 2.24) is 15.5 Å². The zero-order chi connectivity index (χ0) is 16.2. The zero-order valence-corrected chi connectivity index (χ0v) is 12.4. The Bertz CT molecular complexity index is 451. The summed E-state index contributed by atoms with van der Waals surface area (Å²) in [6.07, 6.45) is 0.918. The second-order valence-corrected chi connectivity index (χ2v) is 5.12. The molecule has 4 amide bonds. The summed E-state index contributed by atoms with van der Waals surface area (Å²) < 4.78 is 0. The summed E-state index contributed by atoms with van der Waals surface area (Å²) in [5.41, 5.74) is 0. The summed E-state index contributed by atoms with van der Waals surface area (Å²) in [6, 6.07) is -2.54. The summed E-state index contributed by atoms with van der Waals surface area (Å²) in [5, 5.41) is 13.7. The summed E-state index contributed by atoms with van der Waals surface area (Å²) >= 11 is 0. The number of nitrogens with one attached hydrogen (secondary N) is 2. The normalized spacial score (nSPS) is 21.5. The molecule has 3 N–H and O–H groups in total. The van der Waals surface area contributed by atoms with E-state index in [1.807, 2.05) is 6.92 Å². The van der Waals surface area contributed by atoms with Crippen LogP contribution in [0.3, 0.4) is 0 Å². The van der Waals surface area contributed by atoms with Gasteiger partial charge in [-0.2, -0.15) is 0 Å². The highest BCUT2D eigenvalue weighted by molar-refractivity contribution is 6.04. The Hall–Kier alpha value is -2.12. The van der Waals surface area contributed by atoms with Crippen LogP contribution in [0.2, 0.25) is 0 Å². The van der Waals surface area contributed by atoms with Crippen LogP contribution in [0.4, 0.5) is 4.79 Å². The minimum absolute atomic E-state index is 0.261. The predicted octanol–water partition coefficient (Wildman–Crippen LogP) is -0.0677. The van der Waals surface area contributed by atoms with E-state index in [1.54, 1.807) is 13.8 Å². The average Bonchev–Trinajstić information content (AvgIpc) is 2.42. The van der Waals surface area contributed by atoms with Crippen molar-refractivity contribution in [2.75, 3.05) is 6.54 Å². The van der Waals surface area contributed by atoms with Crippen LogP contribution in [0.1, 0.15) is 33.6 Å². The molecule has 0 bridgehead atoms. The van der Waals surface area contributed by atoms with E-state index in [-0.39, 0.29) is 12.5 Å². The lowest BCUT2D eigenvalue weighted by molar-refractivity contribution is -0.140. The number of nitrogens with zero attached hydrogens (tertiary/aromatic N) is 1. The van der Waals surface area contributed by atoms with E-state index in [0.717, 1.165) is 4.90 Å². The molecule has 1 fully saturated rings. The number of piperazine rings is 1. The van der Waals surface area contributed by atoms with Gasteiger partial charge in [0, 0.05) is 0 Å². The van der Waals surface area contributed by atoms with E-state index in [1.165, 1.54) is 0 Å². The molecule has 0 saturated carbocycles. The minimum Gasteiger partial charge on any atom is -0.480 e. The molecule has 8 heteroatoms. The Morgan fingerprint density at radius 1 is 1.43 bits per heavy atom. The number of carboxylic acids is 1. The van der Waals surface area contributed by atoms with Gasteiger partial charge in [-0.3, -0.25) is 14.9 Å². The van der Waals surface area contributed by atoms with Gasteiger partial charge in [-0.25, -0.2) is 9.59 Å². The van der Waals surface area contributed by atoms with Crippen molar-refractivity contribution in [2.45, 2.75) is 45.7 Å². The SMILES string of the molecule is CCC(C)C(NC(=O)N1CC(=O)NC(=O)C1CC)C(=O)O. The third kappa shape index (κ3) is 3.93. The Kier molecular flexibility index (Phi) is 5.69. The van der Waals surface area contributed by atoms with Crippen molar-refractivity contribution >= 4 is 23.8 Å². The molecule has 0 spiro atoms. The van der Waals surface area contributed by atoms with Gasteiger partial charge in [-0.05, 0) is 12.3 Å². The van der Waals surface area contributed by atoms with Crippen LogP contribution in [0.15, 0.2) is 0 Å². The smallest absolute Gasteiger partial charge is 0.326 e. The van der Waals surface area contributed by atoms with Crippen LogP contribution in [0.25, 0.3) is 0 Å². The lowest BCUT2D eigenvalue weighted by Gasteiger charge is -2.34. The number of aliphatic carboxylic acids is 1. The Morgan fingerprint density at radius 3 is 2.52 bits per heavy atom. The quantitative estimate of drug-likeness (QED) is 0.615. The second-order valence-electron chi connectivity index (χ2n) is 5.12. The molecule has 1 aliphatic heterocycles. The highest BCUT2D eigenvalue weighted by Gasteiger charge is 2.37.